The maximum absolute atomic E-state index is 5.43. The lowest BCUT2D eigenvalue weighted by Crippen LogP contribution is -2.13. The highest BCUT2D eigenvalue weighted by Gasteiger charge is 2.13. The molecule has 0 spiro atoms. The summed E-state index contributed by atoms with van der Waals surface area (Å²) in [6, 6.07) is 9.86. The van der Waals surface area contributed by atoms with Crippen molar-refractivity contribution in [3.63, 3.8) is 0 Å². The predicted octanol–water partition coefficient (Wildman–Crippen LogP) is 2.29. The zero-order valence-electron chi connectivity index (χ0n) is 14.3. The number of hydrogen-bond acceptors (Lipinski definition) is 8. The van der Waals surface area contributed by atoms with E-state index in [0.29, 0.717) is 11.5 Å². The van der Waals surface area contributed by atoms with E-state index < -0.39 is 0 Å². The third kappa shape index (κ3) is 4.61. The summed E-state index contributed by atoms with van der Waals surface area (Å²) in [5.41, 5.74) is 7.04. The van der Waals surface area contributed by atoms with Crippen LogP contribution in [0.1, 0.15) is 5.56 Å². The van der Waals surface area contributed by atoms with Crippen molar-refractivity contribution in [1.82, 2.24) is 20.4 Å². The Labute approximate surface area is 146 Å². The molecule has 130 valence electrons. The number of rotatable bonds is 5. The Bertz CT molecular complexity index is 785. The second-order valence-corrected chi connectivity index (χ2v) is 4.84. The van der Waals surface area contributed by atoms with Gasteiger partial charge in [-0.1, -0.05) is 18.2 Å². The van der Waals surface area contributed by atoms with E-state index in [-0.39, 0.29) is 0 Å². The van der Waals surface area contributed by atoms with Crippen molar-refractivity contribution in [3.8, 4) is 11.5 Å². The number of aryl methyl sites for hydroxylation is 1. The Balaban J connectivity index is 0.00000109. The van der Waals surface area contributed by atoms with Gasteiger partial charge in [0.2, 0.25) is 11.5 Å². The normalized spacial score (nSPS) is 9.60. The largest absolute Gasteiger partial charge is 0.340 e. The lowest BCUT2D eigenvalue weighted by Gasteiger charge is -2.20. The smallest absolute Gasteiger partial charge is 0.223 e. The first-order chi connectivity index (χ1) is 12.3. The first kappa shape index (κ1) is 18.1. The minimum absolute atomic E-state index is 0.447. The summed E-state index contributed by atoms with van der Waals surface area (Å²) >= 11 is 0. The lowest BCUT2D eigenvalue weighted by molar-refractivity contribution is -0.101. The van der Waals surface area contributed by atoms with Gasteiger partial charge in [0.1, 0.15) is 5.69 Å². The Hall–Kier alpha value is -3.26. The monoisotopic (exact) mass is 340 g/mol. The van der Waals surface area contributed by atoms with Gasteiger partial charge in [0.15, 0.2) is 0 Å². The first-order valence-electron chi connectivity index (χ1n) is 7.54. The second kappa shape index (κ2) is 9.14. The Morgan fingerprint density at radius 1 is 0.800 bits per heavy atom. The van der Waals surface area contributed by atoms with E-state index in [2.05, 4.69) is 26.1 Å². The van der Waals surface area contributed by atoms with Gasteiger partial charge < -0.3 is 10.6 Å². The summed E-state index contributed by atoms with van der Waals surface area (Å²) in [4.78, 5) is 12.7. The fraction of sp³-hybridized carbons (Fsp3) is 0.176. The molecule has 0 saturated carbocycles. The van der Waals surface area contributed by atoms with E-state index in [1.54, 1.807) is 12.4 Å². The van der Waals surface area contributed by atoms with Crippen molar-refractivity contribution in [2.75, 3.05) is 19.0 Å². The molecule has 0 fully saturated rings. The highest BCUT2D eigenvalue weighted by atomic mass is 17.2. The molecule has 8 nitrogen and oxygen atoms in total. The van der Waals surface area contributed by atoms with Crippen LogP contribution in [-0.2, 0) is 0 Å². The quantitative estimate of drug-likeness (QED) is 0.558. The van der Waals surface area contributed by atoms with Crippen molar-refractivity contribution < 1.29 is 9.78 Å². The van der Waals surface area contributed by atoms with Crippen LogP contribution in [0.3, 0.4) is 0 Å². The number of nitrogens with two attached hydrogens (primary N) is 1. The predicted molar refractivity (Wildman–Crippen MR) is 94.7 cm³/mol. The summed E-state index contributed by atoms with van der Waals surface area (Å²) in [5, 5.41) is 15.3. The summed E-state index contributed by atoms with van der Waals surface area (Å²) in [6.07, 6.45) is 6.20. The summed E-state index contributed by atoms with van der Waals surface area (Å²) in [5.74, 6) is 0.938. The molecule has 3 aromatic rings. The van der Waals surface area contributed by atoms with Crippen LogP contribution in [-0.4, -0.2) is 34.5 Å². The Kier molecular flexibility index (Phi) is 6.61. The summed E-state index contributed by atoms with van der Waals surface area (Å²) < 4.78 is 0. The highest BCUT2D eigenvalue weighted by Crippen LogP contribution is 2.31. The van der Waals surface area contributed by atoms with E-state index in [1.165, 1.54) is 19.4 Å². The van der Waals surface area contributed by atoms with Crippen LogP contribution in [0.15, 0.2) is 55.1 Å². The molecule has 3 rings (SSSR count). The third-order valence-electron chi connectivity index (χ3n) is 3.28. The standard InChI is InChI=1S/C16H15N5O2.CH5N/c1-12-8-17-19-10-15(12)22-23-16-11-20-18-9-14(16)21(2)13-6-4-3-5-7-13;1-2/h3-11H,1-2H3;2H2,1H3. The van der Waals surface area contributed by atoms with Gasteiger partial charge in [0.25, 0.3) is 0 Å². The van der Waals surface area contributed by atoms with Crippen LogP contribution in [0.4, 0.5) is 11.4 Å². The van der Waals surface area contributed by atoms with E-state index in [9.17, 15) is 0 Å². The van der Waals surface area contributed by atoms with Gasteiger partial charge in [0.05, 0.1) is 24.8 Å². The molecule has 0 atom stereocenters. The topological polar surface area (TPSA) is 99.3 Å². The molecule has 2 heterocycles. The summed E-state index contributed by atoms with van der Waals surface area (Å²) in [7, 11) is 3.42. The van der Waals surface area contributed by atoms with Crippen LogP contribution in [0, 0.1) is 6.92 Å². The van der Waals surface area contributed by atoms with E-state index in [0.717, 1.165) is 16.9 Å². The van der Waals surface area contributed by atoms with Crippen LogP contribution in [0.2, 0.25) is 0 Å². The fourth-order valence-corrected chi connectivity index (χ4v) is 1.96. The van der Waals surface area contributed by atoms with Gasteiger partial charge in [-0.3, -0.25) is 9.78 Å². The average Bonchev–Trinajstić information content (AvgIpc) is 2.69. The number of anilines is 2. The number of para-hydroxylation sites is 1. The molecule has 0 aliphatic carbocycles. The van der Waals surface area contributed by atoms with Crippen molar-refractivity contribution in [1.29, 1.82) is 0 Å². The number of nitrogens with zero attached hydrogens (tertiary/aromatic N) is 5. The van der Waals surface area contributed by atoms with Gasteiger partial charge >= 0.3 is 0 Å². The van der Waals surface area contributed by atoms with Gasteiger partial charge in [-0.2, -0.15) is 20.4 Å². The number of hydrogen-bond donors (Lipinski definition) is 1. The van der Waals surface area contributed by atoms with Gasteiger partial charge in [-0.05, 0) is 26.1 Å². The minimum atomic E-state index is 0.447. The molecule has 0 unspecified atom stereocenters. The Morgan fingerprint density at radius 3 is 2.04 bits per heavy atom. The van der Waals surface area contributed by atoms with E-state index in [1.807, 2.05) is 49.2 Å². The molecule has 2 N–H and O–H groups in total. The molecule has 0 saturated heterocycles. The van der Waals surface area contributed by atoms with Crippen LogP contribution in [0.5, 0.6) is 11.5 Å². The molecule has 0 radical (unpaired) electrons. The molecule has 0 amide bonds. The summed E-state index contributed by atoms with van der Waals surface area (Å²) in [6.45, 7) is 1.86. The van der Waals surface area contributed by atoms with Gasteiger partial charge in [-0.15, -0.1) is 0 Å². The maximum Gasteiger partial charge on any atom is 0.223 e. The van der Waals surface area contributed by atoms with Crippen LogP contribution >= 0.6 is 0 Å². The zero-order valence-corrected chi connectivity index (χ0v) is 14.3. The first-order valence-corrected chi connectivity index (χ1v) is 7.54. The number of aromatic nitrogens is 4. The highest BCUT2D eigenvalue weighted by molar-refractivity contribution is 5.66. The molecule has 0 aliphatic rings. The molecule has 8 heteroatoms. The molecule has 2 aromatic heterocycles. The molecule has 25 heavy (non-hydrogen) atoms. The lowest BCUT2D eigenvalue weighted by atomic mass is 10.3. The van der Waals surface area contributed by atoms with Gasteiger partial charge in [-0.25, -0.2) is 0 Å². The number of benzene rings is 1. The second-order valence-electron chi connectivity index (χ2n) is 4.84. The van der Waals surface area contributed by atoms with Gasteiger partial charge in [0, 0.05) is 18.3 Å². The Morgan fingerprint density at radius 2 is 1.36 bits per heavy atom. The minimum Gasteiger partial charge on any atom is -0.340 e. The fourth-order valence-electron chi connectivity index (χ4n) is 1.96. The van der Waals surface area contributed by atoms with Crippen molar-refractivity contribution in [3.05, 3.63) is 60.7 Å². The van der Waals surface area contributed by atoms with Crippen molar-refractivity contribution in [2.24, 2.45) is 5.73 Å². The molecule has 0 aliphatic heterocycles. The average molecular weight is 340 g/mol. The molecular formula is C17H20N6O2. The van der Waals surface area contributed by atoms with Crippen LogP contribution < -0.4 is 20.4 Å². The molecule has 0 bridgehead atoms. The van der Waals surface area contributed by atoms with Crippen LogP contribution in [0.25, 0.3) is 0 Å². The third-order valence-corrected chi connectivity index (χ3v) is 3.28. The van der Waals surface area contributed by atoms with E-state index >= 15 is 0 Å². The van der Waals surface area contributed by atoms with Crippen molar-refractivity contribution in [2.45, 2.75) is 6.92 Å². The van der Waals surface area contributed by atoms with Crippen molar-refractivity contribution >= 4 is 11.4 Å². The SMILES string of the molecule is CN.Cc1cnncc1OOc1cnncc1N(C)c1ccccc1. The molecular weight excluding hydrogens is 320 g/mol. The van der Waals surface area contributed by atoms with E-state index in [4.69, 9.17) is 9.78 Å². The zero-order chi connectivity index (χ0) is 18.1. The molecule has 1 aromatic carbocycles. The maximum atomic E-state index is 5.43.